The fraction of sp³-hybridized carbons (Fsp3) is 0.483. The summed E-state index contributed by atoms with van der Waals surface area (Å²) in [6.07, 6.45) is 3.38. The zero-order valence-corrected chi connectivity index (χ0v) is 23.5. The Labute approximate surface area is 224 Å². The average Bonchev–Trinajstić information content (AvgIpc) is 3.66. The molecule has 37 heavy (non-hydrogen) atoms. The highest BCUT2D eigenvalue weighted by Gasteiger charge is 2.44. The molecular weight excluding hydrogens is 486 g/mol. The maximum Gasteiger partial charge on any atom is 0.408 e. The monoisotopic (exact) mass is 525 g/mol. The lowest BCUT2D eigenvalue weighted by molar-refractivity contribution is -0.141. The molecule has 0 spiro atoms. The number of rotatable bonds is 10. The Balaban J connectivity index is 1.97. The van der Waals surface area contributed by atoms with Gasteiger partial charge in [0.2, 0.25) is 5.91 Å². The quantitative estimate of drug-likeness (QED) is 0.420. The van der Waals surface area contributed by atoms with Gasteiger partial charge in [0.15, 0.2) is 0 Å². The second-order valence-electron chi connectivity index (χ2n) is 10.5. The number of hydrogen-bond acceptors (Lipinski definition) is 5. The van der Waals surface area contributed by atoms with Crippen LogP contribution in [0.2, 0.25) is 0 Å². The molecule has 3 amide bonds. The highest BCUT2D eigenvalue weighted by atomic mass is 32.2. The van der Waals surface area contributed by atoms with E-state index in [1.807, 2.05) is 68.6 Å². The summed E-state index contributed by atoms with van der Waals surface area (Å²) in [6, 6.07) is 13.5. The molecule has 2 aromatic rings. The summed E-state index contributed by atoms with van der Waals surface area (Å²) < 4.78 is 5.45. The summed E-state index contributed by atoms with van der Waals surface area (Å²) in [6.45, 7) is 9.25. The first kappa shape index (κ1) is 28.6. The topological polar surface area (TPSA) is 87.7 Å². The van der Waals surface area contributed by atoms with Crippen molar-refractivity contribution >= 4 is 35.4 Å². The molecule has 2 atom stereocenters. The van der Waals surface area contributed by atoms with Crippen molar-refractivity contribution < 1.29 is 19.1 Å². The van der Waals surface area contributed by atoms with Gasteiger partial charge in [0, 0.05) is 11.7 Å². The SMILES string of the molecule is CSCCC(NC(=O)OC(C)(C)C)C(=O)N(C1CC1)C(C(=O)Nc1c(C)cccc1C)c1ccccc1. The molecule has 1 fully saturated rings. The van der Waals surface area contributed by atoms with E-state index in [4.69, 9.17) is 4.74 Å². The van der Waals surface area contributed by atoms with E-state index in [9.17, 15) is 14.4 Å². The van der Waals surface area contributed by atoms with E-state index in [0.29, 0.717) is 12.2 Å². The second-order valence-corrected chi connectivity index (χ2v) is 11.5. The van der Waals surface area contributed by atoms with Crippen molar-refractivity contribution in [2.75, 3.05) is 17.3 Å². The predicted octanol–water partition coefficient (Wildman–Crippen LogP) is 5.62. The highest BCUT2D eigenvalue weighted by Crippen LogP contribution is 2.36. The van der Waals surface area contributed by atoms with E-state index in [0.717, 1.165) is 35.2 Å². The molecular formula is C29H39N3O4S. The molecule has 0 saturated heterocycles. The predicted molar refractivity (Wildman–Crippen MR) is 150 cm³/mol. The summed E-state index contributed by atoms with van der Waals surface area (Å²) in [5.74, 6) is 0.132. The van der Waals surface area contributed by atoms with Gasteiger partial charge < -0.3 is 20.3 Å². The number of carbonyl (C=O) groups is 3. The van der Waals surface area contributed by atoms with Crippen molar-refractivity contribution in [2.45, 2.75) is 77.6 Å². The summed E-state index contributed by atoms with van der Waals surface area (Å²) in [5.41, 5.74) is 2.70. The van der Waals surface area contributed by atoms with Crippen LogP contribution in [0.5, 0.6) is 0 Å². The van der Waals surface area contributed by atoms with Gasteiger partial charge in [0.1, 0.15) is 17.7 Å². The lowest BCUT2D eigenvalue weighted by Crippen LogP contribution is -2.53. The molecule has 2 N–H and O–H groups in total. The third-order valence-electron chi connectivity index (χ3n) is 6.17. The van der Waals surface area contributed by atoms with Crippen LogP contribution in [0.4, 0.5) is 10.5 Å². The number of anilines is 1. The van der Waals surface area contributed by atoms with Crippen LogP contribution in [0.25, 0.3) is 0 Å². The lowest BCUT2D eigenvalue weighted by atomic mass is 10.0. The molecule has 1 saturated carbocycles. The number of amides is 3. The van der Waals surface area contributed by atoms with Crippen molar-refractivity contribution in [2.24, 2.45) is 0 Å². The maximum absolute atomic E-state index is 14.1. The number of aryl methyl sites for hydroxylation is 2. The fourth-order valence-corrected chi connectivity index (χ4v) is 4.74. The molecule has 1 aliphatic carbocycles. The fourth-order valence-electron chi connectivity index (χ4n) is 4.27. The Bertz CT molecular complexity index is 1080. The van der Waals surface area contributed by atoms with Gasteiger partial charge in [-0.1, -0.05) is 48.5 Å². The number of nitrogens with zero attached hydrogens (tertiary/aromatic N) is 1. The Morgan fingerprint density at radius 1 is 1.03 bits per heavy atom. The van der Waals surface area contributed by atoms with Gasteiger partial charge in [-0.15, -0.1) is 0 Å². The summed E-state index contributed by atoms with van der Waals surface area (Å²) in [7, 11) is 0. The van der Waals surface area contributed by atoms with Crippen LogP contribution >= 0.6 is 11.8 Å². The Morgan fingerprint density at radius 2 is 1.65 bits per heavy atom. The number of alkyl carbamates (subject to hydrolysis) is 1. The summed E-state index contributed by atoms with van der Waals surface area (Å²) in [5, 5.41) is 5.89. The van der Waals surface area contributed by atoms with Crippen molar-refractivity contribution in [1.82, 2.24) is 10.2 Å². The maximum atomic E-state index is 14.1. The smallest absolute Gasteiger partial charge is 0.408 e. The Kier molecular flexibility index (Phi) is 9.65. The number of hydrogen-bond donors (Lipinski definition) is 2. The van der Waals surface area contributed by atoms with Crippen molar-refractivity contribution in [3.8, 4) is 0 Å². The molecule has 3 rings (SSSR count). The molecule has 2 unspecified atom stereocenters. The second kappa shape index (κ2) is 12.5. The molecule has 8 heteroatoms. The third-order valence-corrected chi connectivity index (χ3v) is 6.81. The van der Waals surface area contributed by atoms with Crippen molar-refractivity contribution in [3.63, 3.8) is 0 Å². The van der Waals surface area contributed by atoms with Crippen LogP contribution in [0.1, 0.15) is 62.8 Å². The van der Waals surface area contributed by atoms with Gasteiger partial charge in [-0.25, -0.2) is 4.79 Å². The lowest BCUT2D eigenvalue weighted by Gasteiger charge is -2.35. The van der Waals surface area contributed by atoms with E-state index >= 15 is 0 Å². The van der Waals surface area contributed by atoms with Crippen LogP contribution in [0.3, 0.4) is 0 Å². The minimum atomic E-state index is -0.836. The van der Waals surface area contributed by atoms with Gasteiger partial charge in [-0.05, 0) is 82.6 Å². The van der Waals surface area contributed by atoms with Crippen LogP contribution in [-0.4, -0.2) is 52.5 Å². The largest absolute Gasteiger partial charge is 0.444 e. The Hall–Kier alpha value is -3.00. The van der Waals surface area contributed by atoms with Gasteiger partial charge in [-0.3, -0.25) is 9.59 Å². The van der Waals surface area contributed by atoms with E-state index in [1.165, 1.54) is 0 Å². The number of ether oxygens (including phenoxy) is 1. The van der Waals surface area contributed by atoms with Gasteiger partial charge in [-0.2, -0.15) is 11.8 Å². The molecule has 7 nitrogen and oxygen atoms in total. The Morgan fingerprint density at radius 3 is 2.19 bits per heavy atom. The number of carbonyl (C=O) groups excluding carboxylic acids is 3. The number of thioether (sulfide) groups is 1. The van der Waals surface area contributed by atoms with Crippen LogP contribution < -0.4 is 10.6 Å². The van der Waals surface area contributed by atoms with E-state index < -0.39 is 23.8 Å². The number of para-hydroxylation sites is 1. The van der Waals surface area contributed by atoms with Crippen molar-refractivity contribution in [1.29, 1.82) is 0 Å². The molecule has 1 aliphatic rings. The van der Waals surface area contributed by atoms with Crippen LogP contribution in [0, 0.1) is 13.8 Å². The first-order valence-corrected chi connectivity index (χ1v) is 14.1. The molecule has 0 heterocycles. The molecule has 0 aliphatic heterocycles. The molecule has 2 aromatic carbocycles. The van der Waals surface area contributed by atoms with Crippen molar-refractivity contribution in [3.05, 3.63) is 65.2 Å². The van der Waals surface area contributed by atoms with Gasteiger partial charge >= 0.3 is 6.09 Å². The number of nitrogens with one attached hydrogen (secondary N) is 2. The first-order valence-electron chi connectivity index (χ1n) is 12.7. The van der Waals surface area contributed by atoms with Crippen LogP contribution in [0.15, 0.2) is 48.5 Å². The minimum Gasteiger partial charge on any atom is -0.444 e. The van der Waals surface area contributed by atoms with Crippen LogP contribution in [-0.2, 0) is 14.3 Å². The minimum absolute atomic E-state index is 0.0707. The zero-order chi connectivity index (χ0) is 27.2. The normalized spacial score (nSPS) is 14.9. The average molecular weight is 526 g/mol. The summed E-state index contributed by atoms with van der Waals surface area (Å²) >= 11 is 1.60. The first-order chi connectivity index (χ1) is 17.5. The zero-order valence-electron chi connectivity index (χ0n) is 22.7. The molecule has 0 bridgehead atoms. The number of benzene rings is 2. The van der Waals surface area contributed by atoms with E-state index in [2.05, 4.69) is 10.6 Å². The van der Waals surface area contributed by atoms with Gasteiger partial charge in [0.25, 0.3) is 5.91 Å². The van der Waals surface area contributed by atoms with E-state index in [1.54, 1.807) is 37.4 Å². The molecule has 200 valence electrons. The standard InChI is InChI=1S/C29H39N3O4S/c1-19-11-10-12-20(2)24(19)31-26(33)25(21-13-8-7-9-14-21)32(22-15-16-22)27(34)23(17-18-37-6)30-28(35)36-29(3,4)5/h7-14,22-23,25H,15-18H2,1-6H3,(H,30,35)(H,31,33). The van der Waals surface area contributed by atoms with E-state index in [-0.39, 0.29) is 17.9 Å². The molecule has 0 radical (unpaired) electrons. The summed E-state index contributed by atoms with van der Waals surface area (Å²) in [4.78, 5) is 42.4. The highest BCUT2D eigenvalue weighted by molar-refractivity contribution is 7.98. The molecule has 0 aromatic heterocycles. The third kappa shape index (κ3) is 7.99. The van der Waals surface area contributed by atoms with Gasteiger partial charge in [0.05, 0.1) is 0 Å².